The lowest BCUT2D eigenvalue weighted by molar-refractivity contribution is -0.152. The second kappa shape index (κ2) is 12.1. The van der Waals surface area contributed by atoms with E-state index in [-0.39, 0.29) is 20.6 Å². The molecule has 0 spiro atoms. The second-order valence-corrected chi connectivity index (χ2v) is 13.7. The lowest BCUT2D eigenvalue weighted by Crippen LogP contribution is -2.39. The van der Waals surface area contributed by atoms with Crippen molar-refractivity contribution in [3.8, 4) is 5.82 Å². The van der Waals surface area contributed by atoms with Gasteiger partial charge in [-0.05, 0) is 88.2 Å². The molecule has 5 rings (SSSR count). The van der Waals surface area contributed by atoms with E-state index in [1.807, 2.05) is 29.0 Å². The molecule has 222 valence electrons. The normalized spacial score (nSPS) is 14.6. The van der Waals surface area contributed by atoms with Crippen LogP contribution in [0.1, 0.15) is 33.6 Å². The molecule has 2 aromatic heterocycles. The Labute approximate surface area is 254 Å². The van der Waals surface area contributed by atoms with E-state index >= 15 is 0 Å². The summed E-state index contributed by atoms with van der Waals surface area (Å²) in [6.07, 6.45) is 3.66. The highest BCUT2D eigenvalue weighted by Crippen LogP contribution is 2.31. The number of aromatic nitrogens is 3. The number of ether oxygens (including phenoxy) is 2. The number of carbonyl (C=O) groups is 1. The number of nitrogens with zero attached hydrogens (tertiary/aromatic N) is 4. The van der Waals surface area contributed by atoms with Crippen LogP contribution in [0.2, 0.25) is 10.0 Å². The SMILES string of the molecule is CC(C)(C)OC(=O)CN(c1ccc2c(ccn2-c2ccc(NC3CCOCC3)nn2)c1)S(=O)(=O)c1cc(Cl)cc(Cl)c1. The van der Waals surface area contributed by atoms with Gasteiger partial charge in [-0.3, -0.25) is 13.7 Å². The van der Waals surface area contributed by atoms with Gasteiger partial charge in [0.1, 0.15) is 18.0 Å². The molecule has 0 saturated carbocycles. The molecule has 0 radical (unpaired) electrons. The molecule has 4 aromatic rings. The number of rotatable bonds is 8. The Bertz CT molecular complexity index is 1680. The van der Waals surface area contributed by atoms with E-state index in [9.17, 15) is 13.2 Å². The minimum absolute atomic E-state index is 0.147. The highest BCUT2D eigenvalue weighted by atomic mass is 35.5. The predicted octanol–water partition coefficient (Wildman–Crippen LogP) is 5.86. The Morgan fingerprint density at radius 2 is 1.76 bits per heavy atom. The van der Waals surface area contributed by atoms with Gasteiger partial charge in [0.05, 0.1) is 16.1 Å². The fourth-order valence-electron chi connectivity index (χ4n) is 4.68. The minimum atomic E-state index is -4.26. The van der Waals surface area contributed by atoms with Crippen LogP contribution in [0.15, 0.2) is 65.7 Å². The molecule has 0 aliphatic carbocycles. The molecule has 1 N–H and O–H groups in total. The third-order valence-corrected chi connectivity index (χ3v) is 8.74. The zero-order chi connectivity index (χ0) is 30.1. The molecule has 13 heteroatoms. The van der Waals surface area contributed by atoms with Gasteiger partial charge < -0.3 is 14.8 Å². The van der Waals surface area contributed by atoms with Gasteiger partial charge in [-0.1, -0.05) is 23.2 Å². The Kier molecular flexibility index (Phi) is 8.66. The van der Waals surface area contributed by atoms with Gasteiger partial charge in [0.25, 0.3) is 10.0 Å². The molecule has 0 unspecified atom stereocenters. The standard InChI is InChI=1S/C29H31Cl2N5O5S/c1-29(2,3)41-28(37)18-36(42(38,39)24-16-20(30)15-21(31)17-24)23-4-5-25-19(14-23)8-11-35(25)27-7-6-26(33-34-27)32-22-9-12-40-13-10-22/h4-8,11,14-17,22H,9-10,12-13,18H2,1-3H3,(H,32,33). The van der Waals surface area contributed by atoms with Crippen molar-refractivity contribution in [2.75, 3.05) is 29.4 Å². The second-order valence-electron chi connectivity index (χ2n) is 10.9. The summed E-state index contributed by atoms with van der Waals surface area (Å²) in [5.41, 5.74) is 0.243. The topological polar surface area (TPSA) is 116 Å². The fourth-order valence-corrected chi connectivity index (χ4v) is 6.81. The molecule has 10 nitrogen and oxygen atoms in total. The molecular weight excluding hydrogens is 601 g/mol. The van der Waals surface area contributed by atoms with Crippen LogP contribution in [0.4, 0.5) is 11.5 Å². The lowest BCUT2D eigenvalue weighted by atomic mass is 10.1. The van der Waals surface area contributed by atoms with Crippen LogP contribution in [-0.2, 0) is 24.3 Å². The highest BCUT2D eigenvalue weighted by molar-refractivity contribution is 7.92. The first-order chi connectivity index (χ1) is 19.9. The van der Waals surface area contributed by atoms with E-state index in [1.165, 1.54) is 18.2 Å². The van der Waals surface area contributed by atoms with Crippen molar-refractivity contribution in [3.63, 3.8) is 0 Å². The van der Waals surface area contributed by atoms with E-state index in [2.05, 4.69) is 15.5 Å². The molecule has 0 bridgehead atoms. The van der Waals surface area contributed by atoms with Gasteiger partial charge in [0, 0.05) is 40.9 Å². The number of hydrogen-bond donors (Lipinski definition) is 1. The number of sulfonamides is 1. The van der Waals surface area contributed by atoms with Crippen LogP contribution in [0.5, 0.6) is 0 Å². The van der Waals surface area contributed by atoms with Gasteiger partial charge in [0.15, 0.2) is 5.82 Å². The van der Waals surface area contributed by atoms with Gasteiger partial charge in [-0.15, -0.1) is 10.2 Å². The maximum atomic E-state index is 13.8. The molecule has 0 atom stereocenters. The van der Waals surface area contributed by atoms with Crippen LogP contribution >= 0.6 is 23.2 Å². The van der Waals surface area contributed by atoms with Gasteiger partial charge >= 0.3 is 5.97 Å². The van der Waals surface area contributed by atoms with Gasteiger partial charge in [0.2, 0.25) is 0 Å². The average Bonchev–Trinajstić information content (AvgIpc) is 3.34. The first-order valence-electron chi connectivity index (χ1n) is 13.4. The van der Waals surface area contributed by atoms with Crippen molar-refractivity contribution >= 4 is 61.6 Å². The lowest BCUT2D eigenvalue weighted by Gasteiger charge is -2.26. The number of benzene rings is 2. The summed E-state index contributed by atoms with van der Waals surface area (Å²) in [6, 6.07) is 15.0. The smallest absolute Gasteiger partial charge is 0.327 e. The number of carbonyl (C=O) groups excluding carboxylic acids is 1. The van der Waals surface area contributed by atoms with Crippen LogP contribution in [-0.4, -0.2) is 60.6 Å². The summed E-state index contributed by atoms with van der Waals surface area (Å²) in [6.45, 7) is 6.04. The number of fused-ring (bicyclic) bond motifs is 1. The van der Waals surface area contributed by atoms with Gasteiger partial charge in [-0.25, -0.2) is 8.42 Å². The number of hydrogen-bond acceptors (Lipinski definition) is 8. The molecule has 0 amide bonds. The zero-order valence-electron chi connectivity index (χ0n) is 23.4. The van der Waals surface area contributed by atoms with Crippen molar-refractivity contribution < 1.29 is 22.7 Å². The van der Waals surface area contributed by atoms with Crippen molar-refractivity contribution in [2.45, 2.75) is 50.2 Å². The third-order valence-electron chi connectivity index (χ3n) is 6.55. The predicted molar refractivity (Wildman–Crippen MR) is 163 cm³/mol. The first kappa shape index (κ1) is 30.1. The molecule has 1 aliphatic rings. The fraction of sp³-hybridized carbons (Fsp3) is 0.345. The monoisotopic (exact) mass is 631 g/mol. The first-order valence-corrected chi connectivity index (χ1v) is 15.6. The summed E-state index contributed by atoms with van der Waals surface area (Å²) in [5.74, 6) is 0.581. The Balaban J connectivity index is 1.46. The van der Waals surface area contributed by atoms with E-state index in [4.69, 9.17) is 32.7 Å². The summed E-state index contributed by atoms with van der Waals surface area (Å²) in [4.78, 5) is 12.7. The number of nitrogens with one attached hydrogen (secondary N) is 1. The summed E-state index contributed by atoms with van der Waals surface area (Å²) in [5, 5.41) is 13.2. The van der Waals surface area contributed by atoms with Crippen molar-refractivity contribution in [2.24, 2.45) is 0 Å². The van der Waals surface area contributed by atoms with Crippen LogP contribution in [0.25, 0.3) is 16.7 Å². The number of halogens is 2. The summed E-state index contributed by atoms with van der Waals surface area (Å²) >= 11 is 12.2. The summed E-state index contributed by atoms with van der Waals surface area (Å²) < 4.78 is 41.4. The molecule has 3 heterocycles. The van der Waals surface area contributed by atoms with E-state index in [0.717, 1.165) is 41.3 Å². The molecule has 2 aromatic carbocycles. The number of anilines is 2. The molecule has 42 heavy (non-hydrogen) atoms. The Morgan fingerprint density at radius 1 is 1.05 bits per heavy atom. The van der Waals surface area contributed by atoms with Crippen molar-refractivity contribution in [1.29, 1.82) is 0 Å². The maximum Gasteiger partial charge on any atom is 0.327 e. The third kappa shape index (κ3) is 6.97. The van der Waals surface area contributed by atoms with E-state index in [1.54, 1.807) is 39.0 Å². The van der Waals surface area contributed by atoms with Crippen molar-refractivity contribution in [1.82, 2.24) is 14.8 Å². The quantitative estimate of drug-likeness (QED) is 0.241. The van der Waals surface area contributed by atoms with Crippen LogP contribution in [0.3, 0.4) is 0 Å². The van der Waals surface area contributed by atoms with Crippen LogP contribution < -0.4 is 9.62 Å². The number of esters is 1. The molecular formula is C29H31Cl2N5O5S. The Morgan fingerprint density at radius 3 is 2.40 bits per heavy atom. The summed E-state index contributed by atoms with van der Waals surface area (Å²) in [7, 11) is -4.26. The van der Waals surface area contributed by atoms with E-state index in [0.29, 0.717) is 17.7 Å². The average molecular weight is 633 g/mol. The van der Waals surface area contributed by atoms with Crippen LogP contribution in [0, 0.1) is 0 Å². The van der Waals surface area contributed by atoms with Gasteiger partial charge in [-0.2, -0.15) is 0 Å². The van der Waals surface area contributed by atoms with Crippen molar-refractivity contribution in [3.05, 3.63) is 70.8 Å². The largest absolute Gasteiger partial charge is 0.459 e. The molecule has 1 aliphatic heterocycles. The minimum Gasteiger partial charge on any atom is -0.459 e. The molecule has 1 saturated heterocycles. The molecule has 1 fully saturated rings. The van der Waals surface area contributed by atoms with E-state index < -0.39 is 28.1 Å². The maximum absolute atomic E-state index is 13.8. The highest BCUT2D eigenvalue weighted by Gasteiger charge is 2.30. The Hall–Kier alpha value is -3.38. The zero-order valence-corrected chi connectivity index (χ0v) is 25.7.